The van der Waals surface area contributed by atoms with Crippen molar-refractivity contribution in [2.75, 3.05) is 6.54 Å². The summed E-state index contributed by atoms with van der Waals surface area (Å²) in [5, 5.41) is 3.68. The molecule has 0 aliphatic heterocycles. The van der Waals surface area contributed by atoms with E-state index < -0.39 is 0 Å². The van der Waals surface area contributed by atoms with Crippen LogP contribution in [0.5, 0.6) is 0 Å². The van der Waals surface area contributed by atoms with Gasteiger partial charge in [-0.05, 0) is 53.5 Å². The first-order valence-electron chi connectivity index (χ1n) is 6.30. The van der Waals surface area contributed by atoms with E-state index in [4.69, 9.17) is 0 Å². The first-order chi connectivity index (χ1) is 8.83. The van der Waals surface area contributed by atoms with Crippen LogP contribution in [0.2, 0.25) is 0 Å². The second-order valence-electron chi connectivity index (χ2n) is 4.63. The molecule has 2 aromatic heterocycles. The number of hydrogen-bond acceptors (Lipinski definition) is 3. The highest BCUT2D eigenvalue weighted by Crippen LogP contribution is 2.36. The van der Waals surface area contributed by atoms with Gasteiger partial charge in [-0.15, -0.1) is 11.3 Å². The number of halogens is 1. The molecule has 0 spiro atoms. The Bertz CT molecular complexity index is 506. The molecule has 0 amide bonds. The average molecular weight is 373 g/mol. The highest BCUT2D eigenvalue weighted by molar-refractivity contribution is 14.1. The molecule has 1 atom stereocenters. The lowest BCUT2D eigenvalue weighted by molar-refractivity contribution is 0.449. The molecule has 0 saturated carbocycles. The fraction of sp³-hybridized carbons (Fsp3) is 0.462. The third-order valence-electron chi connectivity index (χ3n) is 3.40. The zero-order chi connectivity index (χ0) is 12.4. The van der Waals surface area contributed by atoms with E-state index in [0.717, 1.165) is 13.1 Å². The minimum Gasteiger partial charge on any atom is -0.336 e. The summed E-state index contributed by atoms with van der Waals surface area (Å²) in [6, 6.07) is 2.91. The number of nitrogens with one attached hydrogen (secondary N) is 1. The Balaban J connectivity index is 1.60. The fourth-order valence-electron chi connectivity index (χ4n) is 2.52. The smallest absolute Gasteiger partial charge is 0.0946 e. The predicted octanol–water partition coefficient (Wildman–Crippen LogP) is 3.22. The number of nitrogens with zero attached hydrogens (tertiary/aromatic N) is 2. The van der Waals surface area contributed by atoms with Gasteiger partial charge in [-0.3, -0.25) is 0 Å². The highest BCUT2D eigenvalue weighted by Gasteiger charge is 2.21. The van der Waals surface area contributed by atoms with Crippen molar-refractivity contribution in [3.63, 3.8) is 0 Å². The molecular formula is C13H16IN3S. The van der Waals surface area contributed by atoms with E-state index in [1.165, 1.54) is 22.1 Å². The number of aromatic nitrogens is 2. The minimum atomic E-state index is 0.553. The third kappa shape index (κ3) is 2.78. The van der Waals surface area contributed by atoms with Crippen molar-refractivity contribution >= 4 is 33.9 Å². The van der Waals surface area contributed by atoms with E-state index >= 15 is 0 Å². The first kappa shape index (κ1) is 12.6. The summed E-state index contributed by atoms with van der Waals surface area (Å²) >= 11 is 4.39. The van der Waals surface area contributed by atoms with E-state index in [1.54, 1.807) is 10.4 Å². The number of fused-ring (bicyclic) bond motifs is 1. The normalized spacial score (nSPS) is 18.8. The maximum absolute atomic E-state index is 4.06. The number of rotatable bonds is 4. The lowest BCUT2D eigenvalue weighted by Gasteiger charge is -2.23. The van der Waals surface area contributed by atoms with Crippen molar-refractivity contribution in [1.82, 2.24) is 14.9 Å². The van der Waals surface area contributed by atoms with Gasteiger partial charge in [-0.2, -0.15) is 0 Å². The molecule has 96 valence electrons. The molecule has 1 N–H and O–H groups in total. The zero-order valence-corrected chi connectivity index (χ0v) is 13.1. The molecule has 2 heterocycles. The summed E-state index contributed by atoms with van der Waals surface area (Å²) < 4.78 is 3.54. The van der Waals surface area contributed by atoms with E-state index in [-0.39, 0.29) is 0 Å². The van der Waals surface area contributed by atoms with E-state index in [0.29, 0.717) is 6.04 Å². The summed E-state index contributed by atoms with van der Waals surface area (Å²) in [4.78, 5) is 5.65. The second-order valence-corrected chi connectivity index (χ2v) is 7.66. The standard InChI is InChI=1S/C13H16IN3S/c14-13-8-10-11(2-1-3-12(10)18-13)16-5-7-17-6-4-15-9-17/h4,6,8-9,11,16H,1-3,5,7H2. The number of thiophene rings is 1. The lowest BCUT2D eigenvalue weighted by Crippen LogP contribution is -2.27. The van der Waals surface area contributed by atoms with Crippen molar-refractivity contribution < 1.29 is 0 Å². The summed E-state index contributed by atoms with van der Waals surface area (Å²) in [7, 11) is 0. The van der Waals surface area contributed by atoms with Crippen molar-refractivity contribution in [2.45, 2.75) is 31.8 Å². The van der Waals surface area contributed by atoms with Crippen LogP contribution in [-0.4, -0.2) is 16.1 Å². The van der Waals surface area contributed by atoms with Gasteiger partial charge in [-0.1, -0.05) is 0 Å². The Labute approximate surface area is 125 Å². The number of hydrogen-bond donors (Lipinski definition) is 1. The fourth-order valence-corrected chi connectivity index (χ4v) is 4.64. The van der Waals surface area contributed by atoms with Crippen molar-refractivity contribution in [3.05, 3.63) is 38.1 Å². The lowest BCUT2D eigenvalue weighted by atomic mass is 9.94. The molecule has 1 aliphatic rings. The van der Waals surface area contributed by atoms with Crippen LogP contribution in [0, 0.1) is 2.88 Å². The molecule has 5 heteroatoms. The van der Waals surface area contributed by atoms with Crippen LogP contribution in [-0.2, 0) is 13.0 Å². The molecule has 0 saturated heterocycles. The van der Waals surface area contributed by atoms with Gasteiger partial charge in [0.05, 0.1) is 9.21 Å². The SMILES string of the molecule is Ic1cc2c(s1)CCCC2NCCn1ccnc1. The quantitative estimate of drug-likeness (QED) is 0.835. The van der Waals surface area contributed by atoms with E-state index in [2.05, 4.69) is 43.5 Å². The molecule has 1 aliphatic carbocycles. The number of aryl methyl sites for hydroxylation is 1. The molecule has 2 aromatic rings. The monoisotopic (exact) mass is 373 g/mol. The molecular weight excluding hydrogens is 357 g/mol. The van der Waals surface area contributed by atoms with Crippen LogP contribution < -0.4 is 5.32 Å². The molecule has 3 nitrogen and oxygen atoms in total. The Morgan fingerprint density at radius 3 is 3.33 bits per heavy atom. The Kier molecular flexibility index (Phi) is 4.00. The summed E-state index contributed by atoms with van der Waals surface area (Å²) in [6.07, 6.45) is 9.57. The maximum atomic E-state index is 4.06. The molecule has 1 unspecified atom stereocenters. The Morgan fingerprint density at radius 2 is 2.50 bits per heavy atom. The first-order valence-corrected chi connectivity index (χ1v) is 8.19. The van der Waals surface area contributed by atoms with Crippen LogP contribution in [0.4, 0.5) is 0 Å². The van der Waals surface area contributed by atoms with Gasteiger partial charge in [0.2, 0.25) is 0 Å². The largest absolute Gasteiger partial charge is 0.336 e. The van der Waals surface area contributed by atoms with Crippen molar-refractivity contribution in [1.29, 1.82) is 0 Å². The Morgan fingerprint density at radius 1 is 1.56 bits per heavy atom. The Hall–Kier alpha value is -0.400. The van der Waals surface area contributed by atoms with Crippen LogP contribution in [0.1, 0.15) is 29.3 Å². The molecule has 0 fully saturated rings. The molecule has 0 radical (unpaired) electrons. The average Bonchev–Trinajstić information content (AvgIpc) is 2.97. The third-order valence-corrected chi connectivity index (χ3v) is 5.37. The molecule has 0 bridgehead atoms. The van der Waals surface area contributed by atoms with Gasteiger partial charge < -0.3 is 9.88 Å². The van der Waals surface area contributed by atoms with Gasteiger partial charge >= 0.3 is 0 Å². The highest BCUT2D eigenvalue weighted by atomic mass is 127. The van der Waals surface area contributed by atoms with E-state index in [9.17, 15) is 0 Å². The van der Waals surface area contributed by atoms with Crippen molar-refractivity contribution in [2.24, 2.45) is 0 Å². The molecule has 0 aromatic carbocycles. The summed E-state index contributed by atoms with van der Waals surface area (Å²) in [6.45, 7) is 2.00. The van der Waals surface area contributed by atoms with Crippen LogP contribution in [0.15, 0.2) is 24.8 Å². The molecule has 18 heavy (non-hydrogen) atoms. The predicted molar refractivity (Wildman–Crippen MR) is 82.9 cm³/mol. The van der Waals surface area contributed by atoms with Gasteiger partial charge in [-0.25, -0.2) is 4.98 Å². The van der Waals surface area contributed by atoms with Crippen LogP contribution in [0.3, 0.4) is 0 Å². The topological polar surface area (TPSA) is 29.9 Å². The van der Waals surface area contributed by atoms with Gasteiger partial charge in [0, 0.05) is 36.4 Å². The minimum absolute atomic E-state index is 0.553. The van der Waals surface area contributed by atoms with Gasteiger partial charge in [0.25, 0.3) is 0 Å². The second kappa shape index (κ2) is 5.71. The summed E-state index contributed by atoms with van der Waals surface area (Å²) in [5.74, 6) is 0. The summed E-state index contributed by atoms with van der Waals surface area (Å²) in [5.41, 5.74) is 1.54. The van der Waals surface area contributed by atoms with Crippen LogP contribution >= 0.6 is 33.9 Å². The van der Waals surface area contributed by atoms with Crippen molar-refractivity contribution in [3.8, 4) is 0 Å². The van der Waals surface area contributed by atoms with E-state index in [1.807, 2.05) is 30.1 Å². The van der Waals surface area contributed by atoms with Gasteiger partial charge in [0.1, 0.15) is 0 Å². The van der Waals surface area contributed by atoms with Gasteiger partial charge in [0.15, 0.2) is 0 Å². The van der Waals surface area contributed by atoms with Crippen LogP contribution in [0.25, 0.3) is 0 Å². The number of imidazole rings is 1. The molecule has 3 rings (SSSR count). The maximum Gasteiger partial charge on any atom is 0.0946 e. The zero-order valence-electron chi connectivity index (χ0n) is 10.1.